The first-order valence-electron chi connectivity index (χ1n) is 7.49. The third-order valence-corrected chi connectivity index (χ3v) is 6.04. The number of rotatable bonds is 4. The van der Waals surface area contributed by atoms with E-state index in [1.165, 1.54) is 4.31 Å². The molecule has 0 unspecified atom stereocenters. The summed E-state index contributed by atoms with van der Waals surface area (Å²) in [5, 5.41) is 9.53. The minimum atomic E-state index is -3.70. The van der Waals surface area contributed by atoms with Crippen LogP contribution in [0, 0.1) is 0 Å². The molecule has 0 aromatic heterocycles. The van der Waals surface area contributed by atoms with E-state index < -0.39 is 21.7 Å². The Balaban J connectivity index is 2.16. The highest BCUT2D eigenvalue weighted by molar-refractivity contribution is 7.87. The maximum absolute atomic E-state index is 12.4. The lowest BCUT2D eigenvalue weighted by Gasteiger charge is -2.33. The zero-order valence-corrected chi connectivity index (χ0v) is 12.6. The first-order chi connectivity index (χ1) is 9.46. The van der Waals surface area contributed by atoms with E-state index in [2.05, 4.69) is 4.72 Å². The van der Waals surface area contributed by atoms with Gasteiger partial charge in [0.25, 0.3) is 10.2 Å². The highest BCUT2D eigenvalue weighted by Crippen LogP contribution is 2.29. The average Bonchev–Trinajstić information content (AvgIpc) is 2.66. The number of carboxylic acids is 1. The van der Waals surface area contributed by atoms with Crippen molar-refractivity contribution >= 4 is 16.2 Å². The lowest BCUT2D eigenvalue weighted by atomic mass is 9.92. The molecule has 0 aromatic carbocycles. The largest absolute Gasteiger partial charge is 0.480 e. The molecule has 2 N–H and O–H groups in total. The van der Waals surface area contributed by atoms with E-state index >= 15 is 0 Å². The number of hydrogen-bond acceptors (Lipinski definition) is 3. The SMILES string of the molecule is O=C(O)C1(NS(=O)(=O)N2CCCCC2)CCCCCC1. The fourth-order valence-electron chi connectivity index (χ4n) is 3.11. The van der Waals surface area contributed by atoms with E-state index in [0.29, 0.717) is 25.9 Å². The van der Waals surface area contributed by atoms with E-state index in [4.69, 9.17) is 0 Å². The number of aliphatic carboxylic acids is 1. The average molecular weight is 304 g/mol. The Morgan fingerprint density at radius 2 is 1.45 bits per heavy atom. The Morgan fingerprint density at radius 1 is 0.950 bits per heavy atom. The van der Waals surface area contributed by atoms with Crippen molar-refractivity contribution in [3.05, 3.63) is 0 Å². The van der Waals surface area contributed by atoms with Gasteiger partial charge in [0.2, 0.25) is 0 Å². The van der Waals surface area contributed by atoms with Crippen molar-refractivity contribution in [1.82, 2.24) is 9.03 Å². The van der Waals surface area contributed by atoms with Gasteiger partial charge in [-0.15, -0.1) is 0 Å². The maximum atomic E-state index is 12.4. The highest BCUT2D eigenvalue weighted by atomic mass is 32.2. The summed E-state index contributed by atoms with van der Waals surface area (Å²) >= 11 is 0. The van der Waals surface area contributed by atoms with Crippen LogP contribution in [0.3, 0.4) is 0 Å². The van der Waals surface area contributed by atoms with Gasteiger partial charge in [-0.25, -0.2) is 0 Å². The second-order valence-electron chi connectivity index (χ2n) is 5.87. The molecule has 1 aliphatic heterocycles. The van der Waals surface area contributed by atoms with Gasteiger partial charge in [-0.2, -0.15) is 17.4 Å². The fourth-order valence-corrected chi connectivity index (χ4v) is 4.76. The van der Waals surface area contributed by atoms with Crippen LogP contribution in [0.5, 0.6) is 0 Å². The molecule has 1 saturated carbocycles. The summed E-state index contributed by atoms with van der Waals surface area (Å²) in [6.07, 6.45) is 6.97. The van der Waals surface area contributed by atoms with Crippen LogP contribution in [0.2, 0.25) is 0 Å². The predicted molar refractivity (Wildman–Crippen MR) is 75.5 cm³/mol. The van der Waals surface area contributed by atoms with E-state index in [-0.39, 0.29) is 0 Å². The zero-order chi connectivity index (χ0) is 14.6. The molecule has 0 atom stereocenters. The molecule has 2 rings (SSSR count). The number of carbonyl (C=O) groups is 1. The quantitative estimate of drug-likeness (QED) is 0.770. The maximum Gasteiger partial charge on any atom is 0.324 e. The number of hydrogen-bond donors (Lipinski definition) is 2. The van der Waals surface area contributed by atoms with Crippen LogP contribution in [0.1, 0.15) is 57.8 Å². The third-order valence-electron chi connectivity index (χ3n) is 4.35. The van der Waals surface area contributed by atoms with Crippen molar-refractivity contribution < 1.29 is 18.3 Å². The van der Waals surface area contributed by atoms with Gasteiger partial charge in [0.1, 0.15) is 5.54 Å². The summed E-state index contributed by atoms with van der Waals surface area (Å²) in [6.45, 7) is 0.982. The molecule has 0 bridgehead atoms. The van der Waals surface area contributed by atoms with Gasteiger partial charge in [0, 0.05) is 13.1 Å². The molecule has 20 heavy (non-hydrogen) atoms. The number of nitrogens with zero attached hydrogens (tertiary/aromatic N) is 1. The Hall–Kier alpha value is -0.660. The predicted octanol–water partition coefficient (Wildman–Crippen LogP) is 1.48. The molecule has 116 valence electrons. The van der Waals surface area contributed by atoms with E-state index in [0.717, 1.165) is 44.9 Å². The molecule has 0 aromatic rings. The van der Waals surface area contributed by atoms with Crippen LogP contribution in [0.25, 0.3) is 0 Å². The van der Waals surface area contributed by atoms with Crippen LogP contribution in [0.15, 0.2) is 0 Å². The Morgan fingerprint density at radius 3 is 1.95 bits per heavy atom. The number of piperidine rings is 1. The molecule has 1 aliphatic carbocycles. The van der Waals surface area contributed by atoms with Crippen molar-refractivity contribution in [3.8, 4) is 0 Å². The molecule has 2 aliphatic rings. The smallest absolute Gasteiger partial charge is 0.324 e. The second-order valence-corrected chi connectivity index (χ2v) is 7.54. The van der Waals surface area contributed by atoms with E-state index in [1.807, 2.05) is 0 Å². The van der Waals surface area contributed by atoms with Crippen LogP contribution >= 0.6 is 0 Å². The molecule has 0 spiro atoms. The molecule has 6 nitrogen and oxygen atoms in total. The topological polar surface area (TPSA) is 86.7 Å². The Kier molecular flexibility index (Phi) is 5.04. The lowest BCUT2D eigenvalue weighted by Crippen LogP contribution is -2.58. The van der Waals surface area contributed by atoms with Crippen LogP contribution in [0.4, 0.5) is 0 Å². The van der Waals surface area contributed by atoms with Gasteiger partial charge >= 0.3 is 5.97 Å². The normalized spacial score (nSPS) is 25.0. The van der Waals surface area contributed by atoms with Crippen molar-refractivity contribution in [2.75, 3.05) is 13.1 Å². The molecule has 0 radical (unpaired) electrons. The summed E-state index contributed by atoms with van der Waals surface area (Å²) in [4.78, 5) is 11.6. The zero-order valence-electron chi connectivity index (χ0n) is 11.8. The summed E-state index contributed by atoms with van der Waals surface area (Å²) in [6, 6.07) is 0. The minimum absolute atomic E-state index is 0.384. The standard InChI is InChI=1S/C13H24N2O4S/c16-12(17)13(8-4-1-2-5-9-13)14-20(18,19)15-10-6-3-7-11-15/h14H,1-11H2,(H,16,17). The second kappa shape index (κ2) is 6.41. The van der Waals surface area contributed by atoms with Gasteiger partial charge in [0.15, 0.2) is 0 Å². The molecule has 1 heterocycles. The molecule has 2 fully saturated rings. The molecule has 7 heteroatoms. The molecular formula is C13H24N2O4S. The number of nitrogens with one attached hydrogen (secondary N) is 1. The summed E-state index contributed by atoms with van der Waals surface area (Å²) in [5.74, 6) is -1.04. The van der Waals surface area contributed by atoms with E-state index in [9.17, 15) is 18.3 Å². The van der Waals surface area contributed by atoms with Gasteiger partial charge in [-0.1, -0.05) is 32.1 Å². The van der Waals surface area contributed by atoms with E-state index in [1.54, 1.807) is 0 Å². The van der Waals surface area contributed by atoms with Crippen molar-refractivity contribution in [1.29, 1.82) is 0 Å². The van der Waals surface area contributed by atoms with Crippen LogP contribution < -0.4 is 4.72 Å². The molecule has 0 amide bonds. The van der Waals surface area contributed by atoms with Gasteiger partial charge in [-0.3, -0.25) is 4.79 Å². The van der Waals surface area contributed by atoms with Gasteiger partial charge in [-0.05, 0) is 25.7 Å². The monoisotopic (exact) mass is 304 g/mol. The van der Waals surface area contributed by atoms with Crippen LogP contribution in [-0.4, -0.2) is 42.4 Å². The van der Waals surface area contributed by atoms with Gasteiger partial charge < -0.3 is 5.11 Å². The first kappa shape index (κ1) is 15.7. The fraction of sp³-hybridized carbons (Fsp3) is 0.923. The first-order valence-corrected chi connectivity index (χ1v) is 8.93. The molecular weight excluding hydrogens is 280 g/mol. The summed E-state index contributed by atoms with van der Waals surface area (Å²) in [7, 11) is -3.70. The van der Waals surface area contributed by atoms with Crippen molar-refractivity contribution in [2.45, 2.75) is 63.3 Å². The summed E-state index contributed by atoms with van der Waals surface area (Å²) in [5.41, 5.74) is -1.31. The Labute approximate surface area is 120 Å². The highest BCUT2D eigenvalue weighted by Gasteiger charge is 2.43. The molecule has 1 saturated heterocycles. The van der Waals surface area contributed by atoms with Crippen molar-refractivity contribution in [2.24, 2.45) is 0 Å². The van der Waals surface area contributed by atoms with Crippen LogP contribution in [-0.2, 0) is 15.0 Å². The Bertz CT molecular complexity index is 435. The lowest BCUT2D eigenvalue weighted by molar-refractivity contribution is -0.144. The minimum Gasteiger partial charge on any atom is -0.480 e. The number of carboxylic acid groups (broad SMARTS) is 1. The van der Waals surface area contributed by atoms with Crippen molar-refractivity contribution in [3.63, 3.8) is 0 Å². The van der Waals surface area contributed by atoms with Gasteiger partial charge in [0.05, 0.1) is 0 Å². The third kappa shape index (κ3) is 3.51. The summed E-state index contributed by atoms with van der Waals surface area (Å²) < 4.78 is 28.8.